The number of benzene rings is 3. The Morgan fingerprint density at radius 3 is 1.04 bits per heavy atom. The summed E-state index contributed by atoms with van der Waals surface area (Å²) < 4.78 is 248. The molecule has 0 aromatic heterocycles. The van der Waals surface area contributed by atoms with Crippen molar-refractivity contribution in [2.75, 3.05) is 11.5 Å². The summed E-state index contributed by atoms with van der Waals surface area (Å²) in [6.45, 7) is 0. The third-order valence-corrected chi connectivity index (χ3v) is 6.97. The van der Waals surface area contributed by atoms with Gasteiger partial charge in [0.05, 0.1) is 0 Å². The topological polar surface area (TPSA) is 113 Å². The second-order valence-corrected chi connectivity index (χ2v) is 9.62. The zero-order chi connectivity index (χ0) is 36.2. The lowest BCUT2D eigenvalue weighted by Gasteiger charge is -2.38. The van der Waals surface area contributed by atoms with Crippen LogP contribution in [0.25, 0.3) is 21.5 Å². The number of hydrogen-bond donors (Lipinski definition) is 5. The fraction of sp³-hybridized carbons (Fsp3) is 0.391. The molecule has 0 aliphatic carbocycles. The number of rotatable bonds is 3. The molecule has 0 saturated heterocycles. The smallest absolute Gasteiger partial charge is 0.398 e. The highest BCUT2D eigenvalue weighted by molar-refractivity contribution is 6.12. The molecule has 3 aromatic carbocycles. The first-order valence-corrected chi connectivity index (χ1v) is 11.3. The summed E-state index contributed by atoms with van der Waals surface area (Å²) in [5, 5.41) is 22.7. The monoisotopic (exact) mass is 706 g/mol. The second kappa shape index (κ2) is 9.95. The zero-order valence-electron chi connectivity index (χ0n) is 21.2. The Labute approximate surface area is 240 Å². The molecule has 3 aromatic rings. The molecular weight excluding hydrogens is 694 g/mol. The van der Waals surface area contributed by atoms with Crippen LogP contribution in [0.4, 0.5) is 90.4 Å². The highest BCUT2D eigenvalue weighted by Crippen LogP contribution is 2.59. The number of nitrogen functional groups attached to an aromatic ring is 2. The summed E-state index contributed by atoms with van der Waals surface area (Å²) in [6.07, 6.45) is -42.0. The Balaban J connectivity index is 2.87. The standard InChI is InChI=1S/C23H12F18N2O3/c24-18(25,26)15(44,19(27,28)29)10-5-9-6-3-4-11(42)12(16(45,20(30,31)32)21(33,34)35)7(6)1-2-8(9)13(14(10)43)17(46,22(36,37)38)23(39,40)41/h1-5,44-46H,42-43H2. The SMILES string of the molecule is Nc1ccc2c(ccc3c(C(O)(C(F)(F)F)C(F)(F)F)c(N)c(C(O)(C(F)(F)F)C(F)(F)F)cc32)c1C(O)(C(F)(F)F)C(F)(F)F. The van der Waals surface area contributed by atoms with Crippen molar-refractivity contribution in [2.24, 2.45) is 0 Å². The number of aliphatic hydroxyl groups is 3. The van der Waals surface area contributed by atoms with Gasteiger partial charge in [-0.2, -0.15) is 79.0 Å². The van der Waals surface area contributed by atoms with E-state index in [0.717, 1.165) is 0 Å². The van der Waals surface area contributed by atoms with Crippen LogP contribution in [0.2, 0.25) is 0 Å². The molecule has 0 aliphatic rings. The second-order valence-electron chi connectivity index (χ2n) is 9.62. The Bertz CT molecular complexity index is 1640. The van der Waals surface area contributed by atoms with Crippen molar-refractivity contribution >= 4 is 32.9 Å². The van der Waals surface area contributed by atoms with Crippen LogP contribution in [0.5, 0.6) is 0 Å². The third kappa shape index (κ3) is 4.79. The fourth-order valence-corrected chi connectivity index (χ4v) is 4.77. The minimum atomic E-state index is -7.12. The van der Waals surface area contributed by atoms with E-state index in [1.165, 1.54) is 0 Å². The molecule has 258 valence electrons. The zero-order valence-corrected chi connectivity index (χ0v) is 21.2. The third-order valence-electron chi connectivity index (χ3n) is 6.97. The number of nitrogens with two attached hydrogens (primary N) is 2. The van der Waals surface area contributed by atoms with Gasteiger partial charge in [0.1, 0.15) is 0 Å². The van der Waals surface area contributed by atoms with E-state index in [4.69, 9.17) is 11.5 Å². The van der Waals surface area contributed by atoms with Crippen LogP contribution in [0.3, 0.4) is 0 Å². The first-order valence-electron chi connectivity index (χ1n) is 11.3. The molecule has 46 heavy (non-hydrogen) atoms. The fourth-order valence-electron chi connectivity index (χ4n) is 4.77. The van der Waals surface area contributed by atoms with E-state index in [1.807, 2.05) is 0 Å². The van der Waals surface area contributed by atoms with E-state index in [2.05, 4.69) is 0 Å². The highest BCUT2D eigenvalue weighted by Gasteiger charge is 2.76. The largest absolute Gasteiger partial charge is 0.430 e. The average molecular weight is 706 g/mol. The van der Waals surface area contributed by atoms with Gasteiger partial charge in [0.2, 0.25) is 0 Å². The van der Waals surface area contributed by atoms with Gasteiger partial charge in [-0.25, -0.2) is 0 Å². The molecule has 0 unspecified atom stereocenters. The van der Waals surface area contributed by atoms with Gasteiger partial charge in [0.15, 0.2) is 0 Å². The average Bonchev–Trinajstić information content (AvgIpc) is 2.82. The van der Waals surface area contributed by atoms with Crippen molar-refractivity contribution in [1.29, 1.82) is 0 Å². The molecule has 23 heteroatoms. The van der Waals surface area contributed by atoms with Crippen LogP contribution >= 0.6 is 0 Å². The van der Waals surface area contributed by atoms with Gasteiger partial charge in [-0.15, -0.1) is 0 Å². The molecule has 0 bridgehead atoms. The van der Waals surface area contributed by atoms with Crippen molar-refractivity contribution in [2.45, 2.75) is 53.9 Å². The van der Waals surface area contributed by atoms with E-state index >= 15 is 0 Å². The van der Waals surface area contributed by atoms with Crippen molar-refractivity contribution < 1.29 is 94.3 Å². The number of alkyl halides is 18. The lowest BCUT2D eigenvalue weighted by Crippen LogP contribution is -2.56. The quantitative estimate of drug-likeness (QED) is 0.114. The summed E-state index contributed by atoms with van der Waals surface area (Å²) in [6, 6.07) is -0.985. The van der Waals surface area contributed by atoms with Gasteiger partial charge < -0.3 is 26.8 Å². The molecular formula is C23H12F18N2O3. The summed E-state index contributed by atoms with van der Waals surface area (Å²) in [4.78, 5) is 0. The van der Waals surface area contributed by atoms with Gasteiger partial charge in [-0.05, 0) is 33.7 Å². The Kier molecular flexibility index (Phi) is 7.98. The maximum absolute atomic E-state index is 13.9. The number of hydrogen-bond acceptors (Lipinski definition) is 5. The van der Waals surface area contributed by atoms with Crippen LogP contribution in [0, 0.1) is 0 Å². The predicted molar refractivity (Wildman–Crippen MR) is 118 cm³/mol. The maximum atomic E-state index is 13.9. The molecule has 0 amide bonds. The van der Waals surface area contributed by atoms with Crippen LogP contribution in [-0.4, -0.2) is 52.4 Å². The van der Waals surface area contributed by atoms with Gasteiger partial charge in [0.25, 0.3) is 16.8 Å². The normalized spacial score (nSPS) is 15.2. The number of anilines is 2. The Morgan fingerprint density at radius 1 is 0.391 bits per heavy atom. The molecule has 0 aliphatic heterocycles. The van der Waals surface area contributed by atoms with Gasteiger partial charge in [-0.1, -0.05) is 18.2 Å². The van der Waals surface area contributed by atoms with Crippen molar-refractivity contribution in [3.8, 4) is 0 Å². The van der Waals surface area contributed by atoms with Crippen molar-refractivity contribution in [3.63, 3.8) is 0 Å². The van der Waals surface area contributed by atoms with Crippen LogP contribution in [0.15, 0.2) is 30.3 Å². The number of halogens is 18. The predicted octanol–water partition coefficient (Wildman–Crippen LogP) is 7.09. The van der Waals surface area contributed by atoms with Gasteiger partial charge >= 0.3 is 37.1 Å². The maximum Gasteiger partial charge on any atom is 0.430 e. The van der Waals surface area contributed by atoms with Crippen molar-refractivity contribution in [1.82, 2.24) is 0 Å². The molecule has 5 nitrogen and oxygen atoms in total. The molecule has 7 N–H and O–H groups in total. The Hall–Kier alpha value is -3.60. The summed E-state index contributed by atoms with van der Waals surface area (Å²) in [7, 11) is 0. The van der Waals surface area contributed by atoms with Crippen LogP contribution in [0.1, 0.15) is 16.7 Å². The first-order chi connectivity index (χ1) is 20.1. The molecule has 0 heterocycles. The summed E-state index contributed by atoms with van der Waals surface area (Å²) in [5.74, 6) is 0. The lowest BCUT2D eigenvalue weighted by molar-refractivity contribution is -0.377. The molecule has 0 atom stereocenters. The van der Waals surface area contributed by atoms with E-state index in [1.54, 1.807) is 0 Å². The van der Waals surface area contributed by atoms with E-state index < -0.39 is 110 Å². The minimum absolute atomic E-state index is 0.00527. The van der Waals surface area contributed by atoms with Crippen LogP contribution < -0.4 is 11.5 Å². The summed E-state index contributed by atoms with van der Waals surface area (Å²) in [5.41, 5.74) is -21.9. The lowest BCUT2D eigenvalue weighted by atomic mass is 9.78. The van der Waals surface area contributed by atoms with Crippen molar-refractivity contribution in [3.05, 3.63) is 47.0 Å². The number of fused-ring (bicyclic) bond motifs is 3. The van der Waals surface area contributed by atoms with E-state index in [0.29, 0.717) is 0 Å². The molecule has 0 saturated carbocycles. The van der Waals surface area contributed by atoms with Gasteiger partial charge in [-0.3, -0.25) is 0 Å². The first kappa shape index (κ1) is 36.9. The summed E-state index contributed by atoms with van der Waals surface area (Å²) >= 11 is 0. The Morgan fingerprint density at radius 2 is 0.696 bits per heavy atom. The minimum Gasteiger partial charge on any atom is -0.398 e. The molecule has 3 rings (SSSR count). The van der Waals surface area contributed by atoms with E-state index in [9.17, 15) is 94.3 Å². The van der Waals surface area contributed by atoms with Crippen LogP contribution in [-0.2, 0) is 16.8 Å². The van der Waals surface area contributed by atoms with E-state index in [-0.39, 0.29) is 24.3 Å². The molecule has 0 fully saturated rings. The highest BCUT2D eigenvalue weighted by atomic mass is 19.4. The van der Waals surface area contributed by atoms with Gasteiger partial charge in [0, 0.05) is 28.1 Å². The molecule has 0 spiro atoms. The molecule has 0 radical (unpaired) electrons.